The first kappa shape index (κ1) is 20.0. The number of carbonyl (C=O) groups excluding carboxylic acids is 2. The number of hydrogen-bond acceptors (Lipinski definition) is 3. The smallest absolute Gasteiger partial charge is 0.327 e. The normalized spacial score (nSPS) is 14.6. The number of rotatable bonds is 4. The summed E-state index contributed by atoms with van der Waals surface area (Å²) in [7, 11) is 0. The molecule has 6 nitrogen and oxygen atoms in total. The minimum absolute atomic E-state index is 0.110. The summed E-state index contributed by atoms with van der Waals surface area (Å²) in [5, 5.41) is 9.74. The Balaban J connectivity index is 1.80. The van der Waals surface area contributed by atoms with Crippen molar-refractivity contribution in [1.29, 1.82) is 0 Å². The molecule has 2 aromatic carbocycles. The number of fused-ring (bicyclic) bond motifs is 2. The predicted molar refractivity (Wildman–Crippen MR) is 110 cm³/mol. The number of hydrogen-bond donors (Lipinski definition) is 2. The van der Waals surface area contributed by atoms with Gasteiger partial charge in [-0.3, -0.25) is 14.5 Å². The Bertz CT molecular complexity index is 1170. The fourth-order valence-electron chi connectivity index (χ4n) is 3.45. The average molecular weight is 472 g/mol. The Kier molecular flexibility index (Phi) is 4.99. The van der Waals surface area contributed by atoms with Gasteiger partial charge in [0.1, 0.15) is 6.04 Å². The molecule has 1 aliphatic rings. The average Bonchev–Trinajstić information content (AvgIpc) is 3.21. The fourth-order valence-corrected chi connectivity index (χ4v) is 4.46. The van der Waals surface area contributed by atoms with Crippen LogP contribution in [0.4, 0.5) is 0 Å². The van der Waals surface area contributed by atoms with Crippen LogP contribution in [0, 0.1) is 0 Å². The maximum absolute atomic E-state index is 13.0. The van der Waals surface area contributed by atoms with Gasteiger partial charge in [-0.1, -0.05) is 64.6 Å². The number of nitrogens with zero attached hydrogens (tertiary/aromatic N) is 1. The van der Waals surface area contributed by atoms with Crippen molar-refractivity contribution in [3.05, 3.63) is 67.2 Å². The number of nitrogens with one attached hydrogen (secondary N) is 1. The second kappa shape index (κ2) is 7.22. The molecule has 0 fully saturated rings. The molecule has 0 radical (unpaired) electrons. The van der Waals surface area contributed by atoms with E-state index in [0.717, 1.165) is 10.9 Å². The first-order valence-electron chi connectivity index (χ1n) is 8.25. The minimum Gasteiger partial charge on any atom is -0.480 e. The van der Waals surface area contributed by atoms with Gasteiger partial charge in [0, 0.05) is 23.5 Å². The van der Waals surface area contributed by atoms with Gasteiger partial charge in [0.2, 0.25) is 0 Å². The van der Waals surface area contributed by atoms with Gasteiger partial charge >= 0.3 is 5.97 Å². The second-order valence-corrected chi connectivity index (χ2v) is 7.92. The van der Waals surface area contributed by atoms with Crippen LogP contribution in [0.25, 0.3) is 10.9 Å². The minimum atomic E-state index is -1.48. The lowest BCUT2D eigenvalue weighted by atomic mass is 10.0. The highest BCUT2D eigenvalue weighted by atomic mass is 35.5. The molecule has 1 aromatic heterocycles. The van der Waals surface area contributed by atoms with Crippen molar-refractivity contribution in [2.75, 3.05) is 0 Å². The molecule has 2 N–H and O–H groups in total. The molecule has 2 amide bonds. The molecule has 1 unspecified atom stereocenters. The number of carbonyl (C=O) groups is 3. The number of H-pyrrole nitrogens is 1. The Labute approximate surface area is 183 Å². The summed E-state index contributed by atoms with van der Waals surface area (Å²) in [5.74, 6) is -3.13. The summed E-state index contributed by atoms with van der Waals surface area (Å²) in [6.45, 7) is 0. The van der Waals surface area contributed by atoms with Crippen LogP contribution >= 0.6 is 46.4 Å². The van der Waals surface area contributed by atoms with E-state index in [1.54, 1.807) is 12.3 Å². The van der Waals surface area contributed by atoms with Crippen molar-refractivity contribution in [2.45, 2.75) is 12.5 Å². The van der Waals surface area contributed by atoms with Crippen molar-refractivity contribution in [3.63, 3.8) is 0 Å². The maximum Gasteiger partial charge on any atom is 0.327 e. The summed E-state index contributed by atoms with van der Waals surface area (Å²) in [6, 6.07) is 5.81. The van der Waals surface area contributed by atoms with Gasteiger partial charge in [-0.05, 0) is 11.6 Å². The lowest BCUT2D eigenvalue weighted by molar-refractivity contribution is -0.141. The molecule has 1 aliphatic heterocycles. The van der Waals surface area contributed by atoms with Crippen LogP contribution in [-0.4, -0.2) is 38.8 Å². The fraction of sp³-hybridized carbons (Fsp3) is 0.105. The van der Waals surface area contributed by atoms with Crippen molar-refractivity contribution in [2.24, 2.45) is 0 Å². The molecule has 148 valence electrons. The molecule has 3 aromatic rings. The molecule has 0 bridgehead atoms. The van der Waals surface area contributed by atoms with Gasteiger partial charge in [-0.25, -0.2) is 4.79 Å². The number of aromatic nitrogens is 1. The lowest BCUT2D eigenvalue weighted by Crippen LogP contribution is -2.46. The molecule has 4 rings (SSSR count). The van der Waals surface area contributed by atoms with Crippen molar-refractivity contribution < 1.29 is 19.5 Å². The zero-order valence-electron chi connectivity index (χ0n) is 14.3. The van der Waals surface area contributed by atoms with E-state index in [1.165, 1.54) is 0 Å². The number of para-hydroxylation sites is 1. The largest absolute Gasteiger partial charge is 0.480 e. The lowest BCUT2D eigenvalue weighted by Gasteiger charge is -2.22. The van der Waals surface area contributed by atoms with E-state index in [1.807, 2.05) is 18.2 Å². The summed E-state index contributed by atoms with van der Waals surface area (Å²) >= 11 is 24.2. The van der Waals surface area contributed by atoms with E-state index >= 15 is 0 Å². The van der Waals surface area contributed by atoms with Gasteiger partial charge in [0.05, 0.1) is 31.2 Å². The number of halogens is 4. The molecule has 1 atom stereocenters. The second-order valence-electron chi connectivity index (χ2n) is 6.40. The quantitative estimate of drug-likeness (QED) is 0.315. The van der Waals surface area contributed by atoms with Gasteiger partial charge < -0.3 is 10.1 Å². The highest BCUT2D eigenvalue weighted by Crippen LogP contribution is 2.45. The van der Waals surface area contributed by atoms with Crippen molar-refractivity contribution in [1.82, 2.24) is 9.88 Å². The molecule has 2 heterocycles. The topological polar surface area (TPSA) is 90.5 Å². The first-order valence-corrected chi connectivity index (χ1v) is 9.76. The number of aromatic amines is 1. The Morgan fingerprint density at radius 2 is 1.52 bits per heavy atom. The Hall–Kier alpha value is -2.25. The Morgan fingerprint density at radius 3 is 2.07 bits per heavy atom. The SMILES string of the molecule is O=C(O)C(Cc1c[nH]c2ccccc12)N1C(=O)c2c(Cl)c(Cl)c(Cl)c(Cl)c2C1=O. The molecule has 0 saturated carbocycles. The third kappa shape index (κ3) is 2.99. The molecule has 29 heavy (non-hydrogen) atoms. The maximum atomic E-state index is 13.0. The molecule has 0 spiro atoms. The van der Waals surface area contributed by atoms with Crippen LogP contribution in [0.3, 0.4) is 0 Å². The van der Waals surface area contributed by atoms with Gasteiger partial charge in [0.15, 0.2) is 0 Å². The van der Waals surface area contributed by atoms with E-state index in [2.05, 4.69) is 4.98 Å². The first-order chi connectivity index (χ1) is 13.7. The summed E-state index contributed by atoms with van der Waals surface area (Å²) < 4.78 is 0. The van der Waals surface area contributed by atoms with Crippen LogP contribution in [-0.2, 0) is 11.2 Å². The Morgan fingerprint density at radius 1 is 0.966 bits per heavy atom. The zero-order chi connectivity index (χ0) is 21.0. The highest BCUT2D eigenvalue weighted by molar-refractivity contribution is 6.55. The summed E-state index contributed by atoms with van der Waals surface area (Å²) in [4.78, 5) is 41.6. The van der Waals surface area contributed by atoms with E-state index < -0.39 is 23.8 Å². The third-order valence-electron chi connectivity index (χ3n) is 4.82. The number of benzene rings is 2. The van der Waals surface area contributed by atoms with Crippen LogP contribution in [0.15, 0.2) is 30.5 Å². The summed E-state index contributed by atoms with van der Waals surface area (Å²) in [6.07, 6.45) is 1.54. The van der Waals surface area contributed by atoms with Crippen molar-refractivity contribution in [3.8, 4) is 0 Å². The predicted octanol–water partition coefficient (Wildman–Crippen LogP) is 5.07. The monoisotopic (exact) mass is 470 g/mol. The van der Waals surface area contributed by atoms with Gasteiger partial charge in [-0.15, -0.1) is 0 Å². The van der Waals surface area contributed by atoms with Gasteiger partial charge in [-0.2, -0.15) is 0 Å². The standard InChI is InChI=1S/C19H10Cl4N2O4/c20-13-11-12(14(21)16(23)15(13)22)18(27)25(17(11)26)10(19(28)29)5-7-6-24-9-4-2-1-3-8(7)9/h1-4,6,10,24H,5H2,(H,28,29). The number of imide groups is 1. The number of carboxylic acid groups (broad SMARTS) is 1. The van der Waals surface area contributed by atoms with Crippen molar-refractivity contribution >= 4 is 75.1 Å². The highest BCUT2D eigenvalue weighted by Gasteiger charge is 2.46. The van der Waals surface area contributed by atoms with Crippen LogP contribution in [0.5, 0.6) is 0 Å². The van der Waals surface area contributed by atoms with E-state index in [9.17, 15) is 19.5 Å². The number of amides is 2. The molecular weight excluding hydrogens is 462 g/mol. The zero-order valence-corrected chi connectivity index (χ0v) is 17.3. The summed E-state index contributed by atoms with van der Waals surface area (Å²) in [5.41, 5.74) is 0.943. The van der Waals surface area contributed by atoms with Crippen LogP contribution < -0.4 is 0 Å². The molecule has 0 saturated heterocycles. The van der Waals surface area contributed by atoms with E-state index in [-0.39, 0.29) is 37.6 Å². The molecule has 10 heteroatoms. The molecule has 0 aliphatic carbocycles. The molecular formula is C19H10Cl4N2O4. The van der Waals surface area contributed by atoms with Gasteiger partial charge in [0.25, 0.3) is 11.8 Å². The van der Waals surface area contributed by atoms with Crippen LogP contribution in [0.1, 0.15) is 26.3 Å². The number of carboxylic acids is 1. The van der Waals surface area contributed by atoms with E-state index in [0.29, 0.717) is 10.5 Å². The van der Waals surface area contributed by atoms with Crippen LogP contribution in [0.2, 0.25) is 20.1 Å². The van der Waals surface area contributed by atoms with E-state index in [4.69, 9.17) is 46.4 Å². The number of aliphatic carboxylic acids is 1. The third-order valence-corrected chi connectivity index (χ3v) is 6.62.